The number of hydrogen-bond donors (Lipinski definition) is 2. The number of aliphatic carboxylic acids is 1. The number of nitrogens with one attached hydrogen (secondary N) is 1. The van der Waals surface area contributed by atoms with E-state index >= 15 is 0 Å². The molecule has 1 aliphatic heterocycles. The van der Waals surface area contributed by atoms with Crippen molar-refractivity contribution in [3.05, 3.63) is 11.9 Å². The molecule has 2 heterocycles. The average molecular weight is 270 g/mol. The van der Waals surface area contributed by atoms with Gasteiger partial charge in [0, 0.05) is 20.1 Å². The second kappa shape index (κ2) is 6.60. The third-order valence-electron chi connectivity index (χ3n) is 2.97. The summed E-state index contributed by atoms with van der Waals surface area (Å²) < 4.78 is 12.3. The van der Waals surface area contributed by atoms with Crippen LogP contribution in [0.2, 0.25) is 0 Å². The Morgan fingerprint density at radius 3 is 3.21 bits per heavy atom. The third-order valence-corrected chi connectivity index (χ3v) is 2.97. The summed E-state index contributed by atoms with van der Waals surface area (Å²) in [6.45, 7) is 2.12. The standard InChI is InChI=1S/C11H18N4O4/c1-18-3-2-15-6-8(13-14-15)7-19-9-4-10(11(16)17)12-5-9/h6,9-10,12H,2-5,7H2,1H3,(H,16,17). The molecule has 0 aromatic carbocycles. The topological polar surface area (TPSA) is 98.5 Å². The fourth-order valence-electron chi connectivity index (χ4n) is 1.92. The molecule has 2 rings (SSSR count). The van der Waals surface area contributed by atoms with Crippen LogP contribution in [0, 0.1) is 0 Å². The number of carboxylic acids is 1. The normalized spacial score (nSPS) is 22.8. The van der Waals surface area contributed by atoms with Gasteiger partial charge in [0.1, 0.15) is 11.7 Å². The molecule has 19 heavy (non-hydrogen) atoms. The second-order valence-corrected chi connectivity index (χ2v) is 4.43. The highest BCUT2D eigenvalue weighted by atomic mass is 16.5. The van der Waals surface area contributed by atoms with Gasteiger partial charge in [-0.3, -0.25) is 4.79 Å². The molecule has 0 spiro atoms. The van der Waals surface area contributed by atoms with Crippen LogP contribution in [0.25, 0.3) is 0 Å². The average Bonchev–Trinajstić information content (AvgIpc) is 3.03. The van der Waals surface area contributed by atoms with Gasteiger partial charge in [-0.2, -0.15) is 0 Å². The molecule has 8 heteroatoms. The number of carbonyl (C=O) groups is 1. The number of rotatable bonds is 7. The summed E-state index contributed by atoms with van der Waals surface area (Å²) in [6, 6.07) is -0.512. The predicted molar refractivity (Wildman–Crippen MR) is 64.5 cm³/mol. The van der Waals surface area contributed by atoms with Crippen LogP contribution < -0.4 is 5.32 Å². The van der Waals surface area contributed by atoms with Crippen molar-refractivity contribution in [2.75, 3.05) is 20.3 Å². The predicted octanol–water partition coefficient (Wildman–Crippen LogP) is -0.744. The van der Waals surface area contributed by atoms with E-state index in [1.54, 1.807) is 18.0 Å². The molecule has 0 aliphatic carbocycles. The molecule has 1 aromatic rings. The van der Waals surface area contributed by atoms with Gasteiger partial charge in [0.15, 0.2) is 0 Å². The van der Waals surface area contributed by atoms with Crippen LogP contribution in [-0.4, -0.2) is 58.5 Å². The second-order valence-electron chi connectivity index (χ2n) is 4.43. The van der Waals surface area contributed by atoms with Gasteiger partial charge >= 0.3 is 5.97 Å². The van der Waals surface area contributed by atoms with Crippen LogP contribution in [0.5, 0.6) is 0 Å². The Morgan fingerprint density at radius 1 is 1.68 bits per heavy atom. The van der Waals surface area contributed by atoms with E-state index in [1.807, 2.05) is 0 Å². The van der Waals surface area contributed by atoms with Crippen LogP contribution in [-0.2, 0) is 27.4 Å². The van der Waals surface area contributed by atoms with E-state index < -0.39 is 12.0 Å². The molecule has 0 radical (unpaired) electrons. The van der Waals surface area contributed by atoms with E-state index in [-0.39, 0.29) is 6.10 Å². The first-order valence-corrected chi connectivity index (χ1v) is 6.14. The molecule has 2 unspecified atom stereocenters. The molecule has 8 nitrogen and oxygen atoms in total. The Labute approximate surface area is 110 Å². The van der Waals surface area contributed by atoms with Crippen molar-refractivity contribution in [1.29, 1.82) is 0 Å². The quantitative estimate of drug-likeness (QED) is 0.673. The highest BCUT2D eigenvalue weighted by Gasteiger charge is 2.29. The van der Waals surface area contributed by atoms with Gasteiger partial charge in [-0.25, -0.2) is 4.68 Å². The number of ether oxygens (including phenoxy) is 2. The van der Waals surface area contributed by atoms with Crippen LogP contribution >= 0.6 is 0 Å². The first-order chi connectivity index (χ1) is 9.19. The minimum atomic E-state index is -0.836. The Morgan fingerprint density at radius 2 is 2.53 bits per heavy atom. The zero-order valence-corrected chi connectivity index (χ0v) is 10.8. The molecule has 0 bridgehead atoms. The maximum atomic E-state index is 10.8. The van der Waals surface area contributed by atoms with Crippen molar-refractivity contribution in [2.24, 2.45) is 0 Å². The Bertz CT molecular complexity index is 423. The van der Waals surface area contributed by atoms with Crippen LogP contribution in [0.1, 0.15) is 12.1 Å². The van der Waals surface area contributed by atoms with Gasteiger partial charge in [0.25, 0.3) is 0 Å². The lowest BCUT2D eigenvalue weighted by atomic mass is 10.2. The van der Waals surface area contributed by atoms with Crippen molar-refractivity contribution >= 4 is 5.97 Å². The minimum Gasteiger partial charge on any atom is -0.480 e. The van der Waals surface area contributed by atoms with Crippen molar-refractivity contribution in [2.45, 2.75) is 31.7 Å². The summed E-state index contributed by atoms with van der Waals surface area (Å²) in [5.41, 5.74) is 0.731. The minimum absolute atomic E-state index is 0.0924. The Kier molecular flexibility index (Phi) is 4.83. The highest BCUT2D eigenvalue weighted by molar-refractivity contribution is 5.73. The molecular formula is C11H18N4O4. The van der Waals surface area contributed by atoms with Crippen LogP contribution in [0.3, 0.4) is 0 Å². The molecule has 106 valence electrons. The molecule has 0 amide bonds. The van der Waals surface area contributed by atoms with Gasteiger partial charge in [0.2, 0.25) is 0 Å². The van der Waals surface area contributed by atoms with E-state index in [2.05, 4.69) is 15.6 Å². The summed E-state index contributed by atoms with van der Waals surface area (Å²) in [6.07, 6.45) is 2.19. The molecule has 1 saturated heterocycles. The van der Waals surface area contributed by atoms with Gasteiger partial charge in [-0.1, -0.05) is 5.21 Å². The number of aromatic nitrogens is 3. The monoisotopic (exact) mass is 270 g/mol. The maximum Gasteiger partial charge on any atom is 0.320 e. The fraction of sp³-hybridized carbons (Fsp3) is 0.727. The number of nitrogens with zero attached hydrogens (tertiary/aromatic N) is 3. The zero-order chi connectivity index (χ0) is 13.7. The maximum absolute atomic E-state index is 10.8. The molecule has 0 saturated carbocycles. The summed E-state index contributed by atoms with van der Waals surface area (Å²) in [7, 11) is 1.63. The number of carboxylic acid groups (broad SMARTS) is 1. The summed E-state index contributed by atoms with van der Waals surface area (Å²) in [5.74, 6) is -0.836. The Balaban J connectivity index is 1.73. The first kappa shape index (κ1) is 13.9. The smallest absolute Gasteiger partial charge is 0.320 e. The van der Waals surface area contributed by atoms with E-state index in [0.29, 0.717) is 32.7 Å². The fourth-order valence-corrected chi connectivity index (χ4v) is 1.92. The van der Waals surface area contributed by atoms with Crippen molar-refractivity contribution in [3.8, 4) is 0 Å². The van der Waals surface area contributed by atoms with Crippen molar-refractivity contribution in [3.63, 3.8) is 0 Å². The van der Waals surface area contributed by atoms with Crippen molar-refractivity contribution in [1.82, 2.24) is 20.3 Å². The van der Waals surface area contributed by atoms with Crippen LogP contribution in [0.4, 0.5) is 0 Å². The molecule has 1 fully saturated rings. The number of hydrogen-bond acceptors (Lipinski definition) is 6. The molecular weight excluding hydrogens is 252 g/mol. The summed E-state index contributed by atoms with van der Waals surface area (Å²) in [4.78, 5) is 10.8. The van der Waals surface area contributed by atoms with Gasteiger partial charge in [-0.15, -0.1) is 5.10 Å². The molecule has 1 aromatic heterocycles. The Hall–Kier alpha value is -1.51. The van der Waals surface area contributed by atoms with E-state index in [9.17, 15) is 4.79 Å². The van der Waals surface area contributed by atoms with Gasteiger partial charge in [0.05, 0.1) is 32.1 Å². The molecule has 2 N–H and O–H groups in total. The summed E-state index contributed by atoms with van der Waals surface area (Å²) in [5, 5.41) is 19.7. The zero-order valence-electron chi connectivity index (χ0n) is 10.8. The number of methoxy groups -OCH3 is 1. The SMILES string of the molecule is COCCn1cc(COC2CNC(C(=O)O)C2)nn1. The van der Waals surface area contributed by atoms with Crippen LogP contribution in [0.15, 0.2) is 6.20 Å². The van der Waals surface area contributed by atoms with E-state index in [0.717, 1.165) is 5.69 Å². The lowest BCUT2D eigenvalue weighted by Crippen LogP contribution is -2.29. The first-order valence-electron chi connectivity index (χ1n) is 6.14. The summed E-state index contributed by atoms with van der Waals surface area (Å²) >= 11 is 0. The third kappa shape index (κ3) is 3.98. The largest absolute Gasteiger partial charge is 0.480 e. The van der Waals surface area contributed by atoms with Crippen molar-refractivity contribution < 1.29 is 19.4 Å². The van der Waals surface area contributed by atoms with Gasteiger partial charge < -0.3 is 19.9 Å². The lowest BCUT2D eigenvalue weighted by Gasteiger charge is -2.08. The lowest BCUT2D eigenvalue weighted by molar-refractivity contribution is -0.139. The molecule has 2 atom stereocenters. The highest BCUT2D eigenvalue weighted by Crippen LogP contribution is 2.12. The molecule has 1 aliphatic rings. The van der Waals surface area contributed by atoms with E-state index in [4.69, 9.17) is 14.6 Å². The van der Waals surface area contributed by atoms with E-state index in [1.165, 1.54) is 0 Å². The van der Waals surface area contributed by atoms with Gasteiger partial charge in [-0.05, 0) is 0 Å².